The molecule has 0 saturated heterocycles. The lowest BCUT2D eigenvalue weighted by Gasteiger charge is -2.10. The van der Waals surface area contributed by atoms with Crippen LogP contribution in [0.1, 0.15) is 46.5 Å². The van der Waals surface area contributed by atoms with Gasteiger partial charge in [-0.05, 0) is 48.6 Å². The summed E-state index contributed by atoms with van der Waals surface area (Å²) in [4.78, 5) is 12.6. The van der Waals surface area contributed by atoms with Gasteiger partial charge in [0, 0.05) is 16.1 Å². The third-order valence-electron chi connectivity index (χ3n) is 3.74. The van der Waals surface area contributed by atoms with Gasteiger partial charge in [0.2, 0.25) is 0 Å². The average Bonchev–Trinajstić information content (AvgIpc) is 2.48. The normalized spacial score (nSPS) is 10.6. The Labute approximate surface area is 125 Å². The van der Waals surface area contributed by atoms with Crippen LogP contribution in [0.4, 0.5) is 0 Å². The molecule has 2 aromatic carbocycles. The zero-order valence-corrected chi connectivity index (χ0v) is 12.9. The van der Waals surface area contributed by atoms with Crippen molar-refractivity contribution in [1.82, 2.24) is 0 Å². The molecule has 0 aliphatic rings. The van der Waals surface area contributed by atoms with Crippen LogP contribution in [0.3, 0.4) is 0 Å². The SMILES string of the molecule is CCc1ccc(C(=O)c2cccc(Cl)c2C)cc1CC. The molecule has 2 rings (SSSR count). The van der Waals surface area contributed by atoms with Gasteiger partial charge >= 0.3 is 0 Å². The number of hydrogen-bond acceptors (Lipinski definition) is 1. The van der Waals surface area contributed by atoms with Gasteiger partial charge in [-0.1, -0.05) is 49.7 Å². The molecule has 104 valence electrons. The molecule has 1 nitrogen and oxygen atoms in total. The molecule has 2 heteroatoms. The van der Waals surface area contributed by atoms with Gasteiger partial charge in [0.05, 0.1) is 0 Å². The molecule has 0 atom stereocenters. The van der Waals surface area contributed by atoms with E-state index in [1.165, 1.54) is 11.1 Å². The monoisotopic (exact) mass is 286 g/mol. The molecule has 0 aliphatic carbocycles. The molecule has 0 saturated carbocycles. The highest BCUT2D eigenvalue weighted by atomic mass is 35.5. The van der Waals surface area contributed by atoms with Crippen LogP contribution in [0, 0.1) is 6.92 Å². The summed E-state index contributed by atoms with van der Waals surface area (Å²) in [7, 11) is 0. The Kier molecular flexibility index (Phi) is 4.61. The fraction of sp³-hybridized carbons (Fsp3) is 0.278. The first kappa shape index (κ1) is 14.8. The Bertz CT molecular complexity index is 644. The Balaban J connectivity index is 2.46. The van der Waals surface area contributed by atoms with Crippen molar-refractivity contribution in [1.29, 1.82) is 0 Å². The lowest BCUT2D eigenvalue weighted by atomic mass is 9.94. The van der Waals surface area contributed by atoms with Crippen molar-refractivity contribution in [3.8, 4) is 0 Å². The van der Waals surface area contributed by atoms with E-state index >= 15 is 0 Å². The van der Waals surface area contributed by atoms with Crippen molar-refractivity contribution < 1.29 is 4.79 Å². The minimum absolute atomic E-state index is 0.0438. The van der Waals surface area contributed by atoms with Gasteiger partial charge in [0.15, 0.2) is 5.78 Å². The highest BCUT2D eigenvalue weighted by molar-refractivity contribution is 6.32. The Morgan fingerprint density at radius 3 is 2.40 bits per heavy atom. The second-order valence-corrected chi connectivity index (χ2v) is 5.34. The van der Waals surface area contributed by atoms with Crippen molar-refractivity contribution >= 4 is 17.4 Å². The molecule has 0 spiro atoms. The predicted octanol–water partition coefficient (Wildman–Crippen LogP) is 5.00. The van der Waals surface area contributed by atoms with Crippen LogP contribution in [0.5, 0.6) is 0 Å². The number of aryl methyl sites for hydroxylation is 2. The number of carbonyl (C=O) groups is 1. The number of carbonyl (C=O) groups excluding carboxylic acids is 1. The van der Waals surface area contributed by atoms with Crippen molar-refractivity contribution in [3.63, 3.8) is 0 Å². The van der Waals surface area contributed by atoms with Crippen LogP contribution in [-0.4, -0.2) is 5.78 Å². The van der Waals surface area contributed by atoms with Gasteiger partial charge in [-0.2, -0.15) is 0 Å². The van der Waals surface area contributed by atoms with Gasteiger partial charge in [-0.15, -0.1) is 0 Å². The molecule has 0 bridgehead atoms. The molecule has 2 aromatic rings. The van der Waals surface area contributed by atoms with Crippen molar-refractivity contribution in [3.05, 3.63) is 69.2 Å². The highest BCUT2D eigenvalue weighted by Gasteiger charge is 2.14. The summed E-state index contributed by atoms with van der Waals surface area (Å²) in [6.07, 6.45) is 1.94. The van der Waals surface area contributed by atoms with Crippen LogP contribution in [0.25, 0.3) is 0 Å². The summed E-state index contributed by atoms with van der Waals surface area (Å²) in [6.45, 7) is 6.14. The number of hydrogen-bond donors (Lipinski definition) is 0. The van der Waals surface area contributed by atoms with E-state index in [1.54, 1.807) is 0 Å². The Morgan fingerprint density at radius 2 is 1.75 bits per heavy atom. The van der Waals surface area contributed by atoms with Crippen LogP contribution >= 0.6 is 11.6 Å². The largest absolute Gasteiger partial charge is 0.289 e. The van der Waals surface area contributed by atoms with Crippen molar-refractivity contribution in [2.24, 2.45) is 0 Å². The lowest BCUT2D eigenvalue weighted by Crippen LogP contribution is -2.05. The number of benzene rings is 2. The topological polar surface area (TPSA) is 17.1 Å². The molecule has 0 aromatic heterocycles. The predicted molar refractivity (Wildman–Crippen MR) is 84.8 cm³/mol. The van der Waals surface area contributed by atoms with Gasteiger partial charge in [0.25, 0.3) is 0 Å². The maximum Gasteiger partial charge on any atom is 0.193 e. The first-order valence-electron chi connectivity index (χ1n) is 7.00. The summed E-state index contributed by atoms with van der Waals surface area (Å²) < 4.78 is 0. The van der Waals surface area contributed by atoms with Crippen LogP contribution < -0.4 is 0 Å². The maximum atomic E-state index is 12.6. The first-order valence-corrected chi connectivity index (χ1v) is 7.37. The van der Waals surface area contributed by atoms with Gasteiger partial charge in [-0.25, -0.2) is 0 Å². The number of ketones is 1. The third kappa shape index (κ3) is 2.78. The van der Waals surface area contributed by atoms with Crippen LogP contribution in [0.2, 0.25) is 5.02 Å². The van der Waals surface area contributed by atoms with E-state index < -0.39 is 0 Å². The molecule has 0 fully saturated rings. The second kappa shape index (κ2) is 6.23. The molecule has 0 radical (unpaired) electrons. The first-order chi connectivity index (χ1) is 9.58. The zero-order chi connectivity index (χ0) is 14.7. The van der Waals surface area contributed by atoms with E-state index in [2.05, 4.69) is 19.9 Å². The summed E-state index contributed by atoms with van der Waals surface area (Å²) in [5.41, 5.74) is 4.83. The Morgan fingerprint density at radius 1 is 1.05 bits per heavy atom. The molecule has 0 amide bonds. The zero-order valence-electron chi connectivity index (χ0n) is 12.2. The molecular weight excluding hydrogens is 268 g/mol. The maximum absolute atomic E-state index is 12.6. The Hall–Kier alpha value is -1.60. The third-order valence-corrected chi connectivity index (χ3v) is 4.15. The van der Waals surface area contributed by atoms with E-state index in [1.807, 2.05) is 37.3 Å². The quantitative estimate of drug-likeness (QED) is 0.723. The fourth-order valence-corrected chi connectivity index (χ4v) is 2.62. The molecule has 0 heterocycles. The molecule has 0 N–H and O–H groups in total. The average molecular weight is 287 g/mol. The van der Waals surface area contributed by atoms with E-state index in [0.717, 1.165) is 24.0 Å². The van der Waals surface area contributed by atoms with E-state index in [-0.39, 0.29) is 5.78 Å². The molecule has 0 aliphatic heterocycles. The van der Waals surface area contributed by atoms with Crippen molar-refractivity contribution in [2.45, 2.75) is 33.6 Å². The smallest absolute Gasteiger partial charge is 0.193 e. The van der Waals surface area contributed by atoms with Crippen LogP contribution in [0.15, 0.2) is 36.4 Å². The summed E-state index contributed by atoms with van der Waals surface area (Å²) in [5, 5.41) is 0.636. The standard InChI is InChI=1S/C18H19ClO/c1-4-13-9-10-15(11-14(13)5-2)18(20)16-7-6-8-17(19)12(16)3/h6-11H,4-5H2,1-3H3. The van der Waals surface area contributed by atoms with E-state index in [0.29, 0.717) is 10.6 Å². The minimum atomic E-state index is 0.0438. The number of rotatable bonds is 4. The summed E-state index contributed by atoms with van der Waals surface area (Å²) in [5.74, 6) is 0.0438. The van der Waals surface area contributed by atoms with Gasteiger partial charge < -0.3 is 0 Å². The van der Waals surface area contributed by atoms with Gasteiger partial charge in [0.1, 0.15) is 0 Å². The second-order valence-electron chi connectivity index (χ2n) is 4.93. The summed E-state index contributed by atoms with van der Waals surface area (Å²) >= 11 is 6.10. The molecule has 20 heavy (non-hydrogen) atoms. The van der Waals surface area contributed by atoms with Gasteiger partial charge in [-0.3, -0.25) is 4.79 Å². The summed E-state index contributed by atoms with van der Waals surface area (Å²) in [6, 6.07) is 11.5. The molecular formula is C18H19ClO. The van der Waals surface area contributed by atoms with Crippen molar-refractivity contribution in [2.75, 3.05) is 0 Å². The fourth-order valence-electron chi connectivity index (χ4n) is 2.45. The van der Waals surface area contributed by atoms with E-state index in [9.17, 15) is 4.79 Å². The minimum Gasteiger partial charge on any atom is -0.289 e. The number of halogens is 1. The van der Waals surface area contributed by atoms with E-state index in [4.69, 9.17) is 11.6 Å². The highest BCUT2D eigenvalue weighted by Crippen LogP contribution is 2.23. The molecule has 0 unspecified atom stereocenters. The lowest BCUT2D eigenvalue weighted by molar-refractivity contribution is 0.103. The van der Waals surface area contributed by atoms with Crippen LogP contribution in [-0.2, 0) is 12.8 Å².